The van der Waals surface area contributed by atoms with Crippen LogP contribution in [0.5, 0.6) is 34.5 Å². The molecular formula is C63H68N4O9. The first kappa shape index (κ1) is 51.6. The van der Waals surface area contributed by atoms with Crippen LogP contribution in [-0.2, 0) is 32.0 Å². The summed E-state index contributed by atoms with van der Waals surface area (Å²) in [5.74, 6) is 0.984. The van der Waals surface area contributed by atoms with Crippen molar-refractivity contribution in [2.45, 2.75) is 103 Å². The van der Waals surface area contributed by atoms with Gasteiger partial charge in [-0.05, 0) is 126 Å². The molecule has 4 heterocycles. The molecule has 4 bridgehead atoms. The van der Waals surface area contributed by atoms with Crippen molar-refractivity contribution in [2.75, 3.05) is 25.1 Å². The minimum absolute atomic E-state index is 0.00790. The summed E-state index contributed by atoms with van der Waals surface area (Å²) in [5, 5.41) is 38.4. The summed E-state index contributed by atoms with van der Waals surface area (Å²) in [6.07, 6.45) is 27.2. The molecule has 1 saturated carbocycles. The number of dihydropyridines is 1. The van der Waals surface area contributed by atoms with Crippen molar-refractivity contribution in [3.05, 3.63) is 174 Å². The van der Waals surface area contributed by atoms with E-state index in [1.165, 1.54) is 26.2 Å². The number of aromatic nitrogens is 2. The summed E-state index contributed by atoms with van der Waals surface area (Å²) in [6, 6.07) is 22.5. The number of phenols is 3. The van der Waals surface area contributed by atoms with Gasteiger partial charge in [-0.3, -0.25) is 14.4 Å². The molecule has 1 fully saturated rings. The molecular weight excluding hydrogens is 957 g/mol. The number of carbonyl (C=O) groups excluding carboxylic acids is 3. The zero-order valence-corrected chi connectivity index (χ0v) is 43.5. The highest BCUT2D eigenvalue weighted by atomic mass is 16.5. The fraction of sp³-hybridized carbons (Fsp3) is 0.349. The van der Waals surface area contributed by atoms with Crippen LogP contribution in [-0.4, -0.2) is 68.7 Å². The molecule has 5 N–H and O–H groups in total. The third-order valence-corrected chi connectivity index (χ3v) is 16.2. The van der Waals surface area contributed by atoms with Gasteiger partial charge in [-0.15, -0.1) is 0 Å². The number of hydrogen-bond acceptors (Lipinski definition) is 11. The zero-order valence-electron chi connectivity index (χ0n) is 43.5. The van der Waals surface area contributed by atoms with E-state index in [1.807, 2.05) is 41.2 Å². The lowest BCUT2D eigenvalue weighted by Crippen LogP contribution is -2.36. The van der Waals surface area contributed by atoms with Gasteiger partial charge in [0.15, 0.2) is 11.5 Å². The van der Waals surface area contributed by atoms with Gasteiger partial charge in [0.05, 0.1) is 18.8 Å². The minimum Gasteiger partial charge on any atom is -0.508 e. The maximum atomic E-state index is 14.9. The number of ketones is 2. The molecule has 0 saturated heterocycles. The molecule has 2 aliphatic carbocycles. The van der Waals surface area contributed by atoms with Crippen LogP contribution < -0.4 is 19.7 Å². The van der Waals surface area contributed by atoms with Crippen LogP contribution >= 0.6 is 0 Å². The number of Topliss-reactive ketones (excluding diaryl/α,β-unsaturated/α-hetero) is 2. The van der Waals surface area contributed by atoms with E-state index in [4.69, 9.17) is 14.2 Å². The van der Waals surface area contributed by atoms with Crippen LogP contribution in [0.25, 0.3) is 10.8 Å². The number of ether oxygens (including phenoxy) is 3. The number of rotatable bonds is 10. The van der Waals surface area contributed by atoms with Crippen molar-refractivity contribution in [1.29, 1.82) is 0 Å². The van der Waals surface area contributed by atoms with E-state index in [9.17, 15) is 29.7 Å². The van der Waals surface area contributed by atoms with E-state index < -0.39 is 18.1 Å². The van der Waals surface area contributed by atoms with Gasteiger partial charge >= 0.3 is 5.97 Å². The topological polar surface area (TPSA) is 176 Å². The third-order valence-electron chi connectivity index (χ3n) is 16.2. The minimum atomic E-state index is -0.716. The van der Waals surface area contributed by atoms with E-state index in [0.717, 1.165) is 70.2 Å². The highest BCUT2D eigenvalue weighted by molar-refractivity contribution is 5.95. The Balaban J connectivity index is 1.13. The Bertz CT molecular complexity index is 3250. The molecule has 2 aliphatic heterocycles. The van der Waals surface area contributed by atoms with Gasteiger partial charge in [-0.2, -0.15) is 0 Å². The molecule has 6 aromatic rings. The number of anilines is 1. The Kier molecular flexibility index (Phi) is 15.3. The second kappa shape index (κ2) is 22.5. The van der Waals surface area contributed by atoms with Crippen molar-refractivity contribution in [1.82, 2.24) is 14.9 Å². The molecule has 0 amide bonds. The zero-order chi connectivity index (χ0) is 52.9. The van der Waals surface area contributed by atoms with Gasteiger partial charge in [-0.25, -0.2) is 0 Å². The number of fused-ring (bicyclic) bond motifs is 3. The van der Waals surface area contributed by atoms with E-state index in [0.29, 0.717) is 50.8 Å². The fourth-order valence-electron chi connectivity index (χ4n) is 12.1. The van der Waals surface area contributed by atoms with Crippen LogP contribution in [0.4, 0.5) is 5.69 Å². The number of hydrogen-bond donors (Lipinski definition) is 5. The number of allylic oxidation sites excluding steroid dienone is 6. The first-order chi connectivity index (χ1) is 36.8. The van der Waals surface area contributed by atoms with Gasteiger partial charge in [0.25, 0.3) is 0 Å². The summed E-state index contributed by atoms with van der Waals surface area (Å²) in [5.41, 5.74) is 5.40. The number of aromatic amines is 1. The smallest absolute Gasteiger partial charge is 0.302 e. The number of methoxy groups -OCH3 is 1. The lowest BCUT2D eigenvalue weighted by molar-refractivity contribution is -0.148. The molecule has 76 heavy (non-hydrogen) atoms. The monoisotopic (exact) mass is 1020 g/mol. The summed E-state index contributed by atoms with van der Waals surface area (Å²) >= 11 is 0. The van der Waals surface area contributed by atoms with E-state index in [2.05, 4.69) is 83.1 Å². The standard InChI is InChI=1S/C63H68N4O9/c1-40-11-6-7-23-63(40)24-20-53(75-41(2)68)33-51(71)34-57(46-29-59(73)62(60(30-46)74-3)76-52-18-10-17-50(70)32-52)66-38-45-15-9-19-56(55(45)39-66)67(26-22-58(72)42-12-4-5-13-42)61-31-44(21-25-65-61)54(43-14-8-16-49(69)27-43)28-47-36-64-37-48(47)35-63/h6-11,14-19,21,23,27,29-32,36-40,42,53-54,57,64-65,69-70,73H,4-5,12-13,20,22,24-26,28,33-35H2,1-3H3/t40-,53-,54+,57+,63+/m1/s1. The van der Waals surface area contributed by atoms with Crippen LogP contribution in [0.15, 0.2) is 152 Å². The second-order valence-corrected chi connectivity index (χ2v) is 21.2. The van der Waals surface area contributed by atoms with Crippen molar-refractivity contribution >= 4 is 34.0 Å². The van der Waals surface area contributed by atoms with Gasteiger partial charge in [0.1, 0.15) is 40.7 Å². The fourth-order valence-corrected chi connectivity index (χ4v) is 12.1. The van der Waals surface area contributed by atoms with E-state index in [1.54, 1.807) is 30.3 Å². The van der Waals surface area contributed by atoms with Crippen molar-refractivity contribution in [3.63, 3.8) is 0 Å². The second-order valence-electron chi connectivity index (χ2n) is 21.2. The summed E-state index contributed by atoms with van der Waals surface area (Å²) in [6.45, 7) is 4.54. The van der Waals surface area contributed by atoms with Crippen LogP contribution in [0.3, 0.4) is 0 Å². The lowest BCUT2D eigenvalue weighted by atomic mass is 9.66. The summed E-state index contributed by atoms with van der Waals surface area (Å²) in [4.78, 5) is 47.4. The maximum absolute atomic E-state index is 14.9. The average Bonchev–Trinajstić information content (AvgIpc) is 4.21. The molecule has 13 nitrogen and oxygen atoms in total. The quantitative estimate of drug-likeness (QED) is 0.0826. The Hall–Kier alpha value is -7.93. The Morgan fingerprint density at radius 1 is 0.855 bits per heavy atom. The van der Waals surface area contributed by atoms with E-state index in [-0.39, 0.29) is 82.1 Å². The number of esters is 1. The molecule has 0 unspecified atom stereocenters. The molecule has 4 aliphatic rings. The summed E-state index contributed by atoms with van der Waals surface area (Å²) in [7, 11) is 1.48. The van der Waals surface area contributed by atoms with Crippen molar-refractivity contribution in [2.24, 2.45) is 17.3 Å². The number of benzene rings is 4. The molecule has 5 atom stereocenters. The Morgan fingerprint density at radius 3 is 2.42 bits per heavy atom. The summed E-state index contributed by atoms with van der Waals surface area (Å²) < 4.78 is 20.0. The molecule has 394 valence electrons. The van der Waals surface area contributed by atoms with Crippen LogP contribution in [0.1, 0.15) is 106 Å². The highest BCUT2D eigenvalue weighted by Gasteiger charge is 2.37. The van der Waals surface area contributed by atoms with Gasteiger partial charge in [0, 0.05) is 92.7 Å². The van der Waals surface area contributed by atoms with Crippen molar-refractivity contribution in [3.8, 4) is 34.5 Å². The Labute approximate surface area is 444 Å². The number of H-pyrrole nitrogens is 1. The molecule has 10 rings (SSSR count). The van der Waals surface area contributed by atoms with Gasteiger partial charge in [0.2, 0.25) is 5.75 Å². The molecule has 4 aromatic carbocycles. The predicted octanol–water partition coefficient (Wildman–Crippen LogP) is 12.2. The largest absolute Gasteiger partial charge is 0.508 e. The van der Waals surface area contributed by atoms with Crippen LogP contribution in [0, 0.1) is 17.3 Å². The lowest BCUT2D eigenvalue weighted by Gasteiger charge is -2.38. The predicted molar refractivity (Wildman–Crippen MR) is 294 cm³/mol. The normalized spacial score (nSPS) is 22.4. The SMILES string of the molecule is COc1cc([C@@H]2CC(=O)C[C@H](OC(C)=O)CC[C@@]3(C=CC=C[C@H]3C)Cc3c[nH]cc3C[C@@H](c3cccc(O)c3)C3=CCNC(=C3)N(CCC(=O)C3CCCC3)c3cccc4cn2cc34)cc(O)c1Oc1cccc(O)c1. The van der Waals surface area contributed by atoms with E-state index >= 15 is 0 Å². The van der Waals surface area contributed by atoms with Crippen molar-refractivity contribution < 1.29 is 43.9 Å². The highest BCUT2D eigenvalue weighted by Crippen LogP contribution is 2.46. The molecule has 13 heteroatoms. The molecule has 0 radical (unpaired) electrons. The number of nitrogens with zero attached hydrogens (tertiary/aromatic N) is 2. The molecule has 2 aromatic heterocycles. The first-order valence-corrected chi connectivity index (χ1v) is 26.8. The maximum Gasteiger partial charge on any atom is 0.302 e. The van der Waals surface area contributed by atoms with Gasteiger partial charge < -0.3 is 49.3 Å². The first-order valence-electron chi connectivity index (χ1n) is 26.8. The number of phenolic OH excluding ortho intramolecular Hbond substituents is 3. The third kappa shape index (κ3) is 11.3. The average molecular weight is 1030 g/mol. The Morgan fingerprint density at radius 2 is 1.64 bits per heavy atom. The molecule has 1 spiro atoms. The number of carbonyl (C=O) groups is 3. The number of aromatic hydroxyl groups is 3. The number of nitrogens with one attached hydrogen (secondary N) is 2. The van der Waals surface area contributed by atoms with Crippen LogP contribution in [0.2, 0.25) is 0 Å². The van der Waals surface area contributed by atoms with Gasteiger partial charge in [-0.1, -0.05) is 80.5 Å².